The van der Waals surface area contributed by atoms with Crippen molar-refractivity contribution in [2.24, 2.45) is 4.99 Å². The zero-order valence-electron chi connectivity index (χ0n) is 8.88. The molecule has 0 saturated carbocycles. The van der Waals surface area contributed by atoms with Crippen molar-refractivity contribution >= 4 is 23.4 Å². The molecule has 0 aliphatic carbocycles. The highest BCUT2D eigenvalue weighted by molar-refractivity contribution is 6.32. The van der Waals surface area contributed by atoms with Gasteiger partial charge in [0, 0.05) is 6.42 Å². The third-order valence-electron chi connectivity index (χ3n) is 2.26. The molecule has 0 fully saturated rings. The van der Waals surface area contributed by atoms with E-state index >= 15 is 0 Å². The van der Waals surface area contributed by atoms with Crippen LogP contribution >= 0.6 is 11.6 Å². The van der Waals surface area contributed by atoms with Crippen molar-refractivity contribution in [3.8, 4) is 0 Å². The fraction of sp³-hybridized carbons (Fsp3) is 0.600. The van der Waals surface area contributed by atoms with Gasteiger partial charge in [0.2, 0.25) is 0 Å². The molecule has 0 radical (unpaired) electrons. The predicted octanol–water partition coefficient (Wildman–Crippen LogP) is 2.10. The van der Waals surface area contributed by atoms with Gasteiger partial charge in [-0.25, -0.2) is 4.79 Å². The highest BCUT2D eigenvalue weighted by Crippen LogP contribution is 2.19. The van der Waals surface area contributed by atoms with Crippen molar-refractivity contribution in [2.75, 3.05) is 0 Å². The van der Waals surface area contributed by atoms with E-state index in [1.807, 2.05) is 0 Å². The number of halogens is 1. The van der Waals surface area contributed by atoms with Crippen molar-refractivity contribution in [3.05, 3.63) is 10.7 Å². The van der Waals surface area contributed by atoms with E-state index in [-0.39, 0.29) is 16.8 Å². The van der Waals surface area contributed by atoms with Gasteiger partial charge in [0.15, 0.2) is 0 Å². The fourth-order valence-electron chi connectivity index (χ4n) is 1.45. The number of hydrogen-bond donors (Lipinski definition) is 2. The molecular weight excluding hydrogens is 216 g/mol. The first-order valence-electron chi connectivity index (χ1n) is 5.03. The number of aliphatic carboxylic acids is 1. The van der Waals surface area contributed by atoms with Gasteiger partial charge in [-0.3, -0.25) is 4.99 Å². The number of carbonyl (C=O) groups is 1. The number of hydrogen-bond acceptors (Lipinski definition) is 3. The standard InChI is InChI=1S/C10H15ClN2O2/c1-3-4-5-7-12-6(2)8(10(14)15)9(11)13-7/h6H,3-5H2,1-2H3,(H,12,13)(H,14,15). The third kappa shape index (κ3) is 2.96. The van der Waals surface area contributed by atoms with Crippen LogP contribution in [0.5, 0.6) is 0 Å². The van der Waals surface area contributed by atoms with Gasteiger partial charge in [0.05, 0.1) is 11.6 Å². The number of carboxylic acids is 1. The molecule has 1 aliphatic heterocycles. The molecule has 0 amide bonds. The van der Waals surface area contributed by atoms with Crippen LogP contribution < -0.4 is 5.32 Å². The van der Waals surface area contributed by atoms with Gasteiger partial charge in [-0.2, -0.15) is 0 Å². The van der Waals surface area contributed by atoms with Gasteiger partial charge < -0.3 is 10.4 Å². The average molecular weight is 231 g/mol. The monoisotopic (exact) mass is 230 g/mol. The molecule has 1 atom stereocenters. The van der Waals surface area contributed by atoms with Gasteiger partial charge >= 0.3 is 5.97 Å². The van der Waals surface area contributed by atoms with Crippen LogP contribution in [0.2, 0.25) is 0 Å². The number of unbranched alkanes of at least 4 members (excludes halogenated alkanes) is 1. The second-order valence-electron chi connectivity index (χ2n) is 3.51. The number of carboxylic acid groups (broad SMARTS) is 1. The van der Waals surface area contributed by atoms with E-state index in [2.05, 4.69) is 17.2 Å². The summed E-state index contributed by atoms with van der Waals surface area (Å²) in [7, 11) is 0. The lowest BCUT2D eigenvalue weighted by Crippen LogP contribution is -2.32. The maximum Gasteiger partial charge on any atom is 0.336 e. The van der Waals surface area contributed by atoms with E-state index in [1.54, 1.807) is 6.92 Å². The molecule has 0 aromatic rings. The van der Waals surface area contributed by atoms with Gasteiger partial charge in [-0.15, -0.1) is 0 Å². The van der Waals surface area contributed by atoms with Gasteiger partial charge in [0.1, 0.15) is 11.0 Å². The molecule has 0 saturated heterocycles. The zero-order valence-corrected chi connectivity index (χ0v) is 9.64. The van der Waals surface area contributed by atoms with Crippen LogP contribution in [-0.2, 0) is 4.79 Å². The summed E-state index contributed by atoms with van der Waals surface area (Å²) in [6.07, 6.45) is 2.90. The van der Waals surface area contributed by atoms with Crippen LogP contribution in [0.4, 0.5) is 0 Å². The Morgan fingerprint density at radius 2 is 2.33 bits per heavy atom. The molecule has 1 rings (SSSR count). The Morgan fingerprint density at radius 3 is 2.80 bits per heavy atom. The van der Waals surface area contributed by atoms with Crippen molar-refractivity contribution < 1.29 is 9.90 Å². The third-order valence-corrected chi connectivity index (χ3v) is 2.55. The predicted molar refractivity (Wildman–Crippen MR) is 60.1 cm³/mol. The Labute approximate surface area is 94.0 Å². The summed E-state index contributed by atoms with van der Waals surface area (Å²) < 4.78 is 0. The summed E-state index contributed by atoms with van der Waals surface area (Å²) in [5, 5.41) is 11.9. The molecule has 2 N–H and O–H groups in total. The smallest absolute Gasteiger partial charge is 0.336 e. The summed E-state index contributed by atoms with van der Waals surface area (Å²) >= 11 is 5.85. The van der Waals surface area contributed by atoms with Gasteiger partial charge in [-0.05, 0) is 13.3 Å². The Balaban J connectivity index is 2.74. The number of aliphatic imine (C=N–C) groups is 1. The van der Waals surface area contributed by atoms with Gasteiger partial charge in [0.25, 0.3) is 0 Å². The van der Waals surface area contributed by atoms with E-state index in [0.29, 0.717) is 0 Å². The molecule has 0 spiro atoms. The first-order valence-corrected chi connectivity index (χ1v) is 5.40. The summed E-state index contributed by atoms with van der Waals surface area (Å²) in [4.78, 5) is 15.1. The largest absolute Gasteiger partial charge is 0.478 e. The van der Waals surface area contributed by atoms with Crippen LogP contribution in [0.3, 0.4) is 0 Å². The number of nitrogens with one attached hydrogen (secondary N) is 1. The minimum atomic E-state index is -1.02. The van der Waals surface area contributed by atoms with Crippen LogP contribution in [0.15, 0.2) is 15.7 Å². The second kappa shape index (κ2) is 5.16. The zero-order chi connectivity index (χ0) is 11.4. The molecule has 1 aliphatic rings. The van der Waals surface area contributed by atoms with E-state index in [0.717, 1.165) is 25.1 Å². The Hall–Kier alpha value is -1.03. The molecule has 4 nitrogen and oxygen atoms in total. The lowest BCUT2D eigenvalue weighted by atomic mass is 10.1. The maximum atomic E-state index is 10.8. The molecule has 0 aromatic heterocycles. The SMILES string of the molecule is CCCCC1=NC(C)C(C(=O)O)=C(Cl)N1. The van der Waals surface area contributed by atoms with E-state index in [1.165, 1.54) is 0 Å². The fourth-order valence-corrected chi connectivity index (χ4v) is 1.80. The first kappa shape index (κ1) is 12.0. The number of nitrogens with zero attached hydrogens (tertiary/aromatic N) is 1. The minimum Gasteiger partial charge on any atom is -0.478 e. The van der Waals surface area contributed by atoms with Crippen LogP contribution in [0, 0.1) is 0 Å². The molecule has 1 unspecified atom stereocenters. The van der Waals surface area contributed by atoms with Crippen LogP contribution in [0.25, 0.3) is 0 Å². The summed E-state index contributed by atoms with van der Waals surface area (Å²) in [5.74, 6) is -0.238. The number of amidine groups is 1. The summed E-state index contributed by atoms with van der Waals surface area (Å²) in [5.41, 5.74) is 0.136. The highest BCUT2D eigenvalue weighted by atomic mass is 35.5. The Kier molecular flexibility index (Phi) is 4.15. The lowest BCUT2D eigenvalue weighted by molar-refractivity contribution is -0.132. The van der Waals surface area contributed by atoms with E-state index in [9.17, 15) is 4.79 Å². The molecular formula is C10H15ClN2O2. The quantitative estimate of drug-likeness (QED) is 0.727. The van der Waals surface area contributed by atoms with Crippen LogP contribution in [-0.4, -0.2) is 23.0 Å². The van der Waals surface area contributed by atoms with Crippen molar-refractivity contribution in [1.82, 2.24) is 5.32 Å². The second-order valence-corrected chi connectivity index (χ2v) is 3.89. The highest BCUT2D eigenvalue weighted by Gasteiger charge is 2.24. The molecule has 0 bridgehead atoms. The Morgan fingerprint density at radius 1 is 1.67 bits per heavy atom. The van der Waals surface area contributed by atoms with E-state index < -0.39 is 5.97 Å². The van der Waals surface area contributed by atoms with E-state index in [4.69, 9.17) is 16.7 Å². The summed E-state index contributed by atoms with van der Waals surface area (Å²) in [6.45, 7) is 3.82. The topological polar surface area (TPSA) is 61.7 Å². The lowest BCUT2D eigenvalue weighted by Gasteiger charge is -2.20. The molecule has 0 aromatic carbocycles. The summed E-state index contributed by atoms with van der Waals surface area (Å²) in [6, 6.07) is -0.372. The van der Waals surface area contributed by atoms with Crippen molar-refractivity contribution in [1.29, 1.82) is 0 Å². The maximum absolute atomic E-state index is 10.8. The molecule has 84 valence electrons. The van der Waals surface area contributed by atoms with Crippen molar-refractivity contribution in [3.63, 3.8) is 0 Å². The molecule has 15 heavy (non-hydrogen) atoms. The minimum absolute atomic E-state index is 0.136. The molecule has 5 heteroatoms. The average Bonchev–Trinajstić information content (AvgIpc) is 2.12. The van der Waals surface area contributed by atoms with Crippen LogP contribution in [0.1, 0.15) is 33.1 Å². The Bertz CT molecular complexity index is 323. The first-order chi connectivity index (χ1) is 7.06. The van der Waals surface area contributed by atoms with Crippen molar-refractivity contribution in [2.45, 2.75) is 39.2 Å². The number of rotatable bonds is 4. The van der Waals surface area contributed by atoms with Gasteiger partial charge in [-0.1, -0.05) is 24.9 Å². The molecule has 1 heterocycles. The normalized spacial score (nSPS) is 21.0.